The number of nitrogens with one attached hydrogen (secondary N) is 1. The van der Waals surface area contributed by atoms with E-state index in [1.54, 1.807) is 27.0 Å². The highest BCUT2D eigenvalue weighted by molar-refractivity contribution is 5.78. The Labute approximate surface area is 93.8 Å². The molecule has 0 aromatic carbocycles. The van der Waals surface area contributed by atoms with Gasteiger partial charge < -0.3 is 4.74 Å². The molecule has 0 aliphatic carbocycles. The molecule has 6 nitrogen and oxygen atoms in total. The van der Waals surface area contributed by atoms with E-state index in [4.69, 9.17) is 4.74 Å². The Hall–Kier alpha value is -1.98. The van der Waals surface area contributed by atoms with Gasteiger partial charge in [-0.1, -0.05) is 0 Å². The van der Waals surface area contributed by atoms with Crippen LogP contribution in [-0.2, 0) is 4.74 Å². The molecule has 16 heavy (non-hydrogen) atoms. The molecule has 0 aliphatic rings. The maximum absolute atomic E-state index is 11.2. The monoisotopic (exact) mass is 222 g/mol. The average Bonchev–Trinajstić information content (AvgIpc) is 2.16. The number of amides is 1. The molecule has 0 spiro atoms. The van der Waals surface area contributed by atoms with E-state index < -0.39 is 11.7 Å². The zero-order valence-electron chi connectivity index (χ0n) is 9.47. The Balaban J connectivity index is 2.41. The second-order valence-corrected chi connectivity index (χ2v) is 4.00. The van der Waals surface area contributed by atoms with Crippen molar-refractivity contribution in [3.05, 3.63) is 24.3 Å². The molecule has 1 aromatic rings. The Kier molecular flexibility index (Phi) is 3.93. The number of hydrogen-bond acceptors (Lipinski definition) is 5. The molecule has 6 heteroatoms. The summed E-state index contributed by atoms with van der Waals surface area (Å²) < 4.78 is 4.98. The fourth-order valence-electron chi connectivity index (χ4n) is 0.829. The van der Waals surface area contributed by atoms with Gasteiger partial charge >= 0.3 is 6.09 Å². The van der Waals surface area contributed by atoms with Gasteiger partial charge in [0.1, 0.15) is 11.3 Å². The van der Waals surface area contributed by atoms with Crippen molar-refractivity contribution in [2.75, 3.05) is 0 Å². The van der Waals surface area contributed by atoms with E-state index in [0.29, 0.717) is 5.69 Å². The van der Waals surface area contributed by atoms with Crippen LogP contribution >= 0.6 is 0 Å². The second kappa shape index (κ2) is 5.20. The summed E-state index contributed by atoms with van der Waals surface area (Å²) in [7, 11) is 0. The highest BCUT2D eigenvalue weighted by Crippen LogP contribution is 2.06. The number of aromatic nitrogens is 2. The molecule has 0 unspecified atom stereocenters. The highest BCUT2D eigenvalue weighted by atomic mass is 16.6. The summed E-state index contributed by atoms with van der Waals surface area (Å²) in [6.07, 6.45) is 5.40. The summed E-state index contributed by atoms with van der Waals surface area (Å²) in [5.41, 5.74) is 2.25. The van der Waals surface area contributed by atoms with Gasteiger partial charge in [-0.25, -0.2) is 10.2 Å². The van der Waals surface area contributed by atoms with Crippen LogP contribution in [0, 0.1) is 0 Å². The fourth-order valence-corrected chi connectivity index (χ4v) is 0.829. The first kappa shape index (κ1) is 12.1. The van der Waals surface area contributed by atoms with Crippen molar-refractivity contribution >= 4 is 12.3 Å². The molecule has 0 fully saturated rings. The maximum atomic E-state index is 11.2. The first-order valence-electron chi connectivity index (χ1n) is 4.75. The topological polar surface area (TPSA) is 76.5 Å². The van der Waals surface area contributed by atoms with E-state index in [-0.39, 0.29) is 0 Å². The maximum Gasteiger partial charge on any atom is 0.428 e. The summed E-state index contributed by atoms with van der Waals surface area (Å²) in [6, 6.07) is 0. The minimum Gasteiger partial charge on any atom is -0.443 e. The molecule has 0 bridgehead atoms. The number of rotatable bonds is 2. The van der Waals surface area contributed by atoms with Gasteiger partial charge in [-0.05, 0) is 20.8 Å². The van der Waals surface area contributed by atoms with Crippen molar-refractivity contribution in [1.82, 2.24) is 15.4 Å². The molecule has 0 radical (unpaired) electrons. The summed E-state index contributed by atoms with van der Waals surface area (Å²) in [6.45, 7) is 5.33. The molecular weight excluding hydrogens is 208 g/mol. The Morgan fingerprint density at radius 1 is 1.50 bits per heavy atom. The van der Waals surface area contributed by atoms with Crippen molar-refractivity contribution < 1.29 is 9.53 Å². The zero-order valence-corrected chi connectivity index (χ0v) is 9.47. The third-order valence-corrected chi connectivity index (χ3v) is 1.33. The molecule has 86 valence electrons. The van der Waals surface area contributed by atoms with Crippen LogP contribution in [0.1, 0.15) is 26.5 Å². The number of carbonyl (C=O) groups excluding carboxylic acids is 1. The molecule has 1 rings (SSSR count). The minimum absolute atomic E-state index is 0.536. The van der Waals surface area contributed by atoms with Crippen molar-refractivity contribution in [3.63, 3.8) is 0 Å². The Bertz CT molecular complexity index is 370. The van der Waals surface area contributed by atoms with Gasteiger partial charge in [0.05, 0.1) is 12.4 Å². The van der Waals surface area contributed by atoms with Crippen molar-refractivity contribution in [3.8, 4) is 0 Å². The van der Waals surface area contributed by atoms with Crippen LogP contribution in [0.2, 0.25) is 0 Å². The molecule has 1 aromatic heterocycles. The lowest BCUT2D eigenvalue weighted by atomic mass is 10.2. The van der Waals surface area contributed by atoms with E-state index in [9.17, 15) is 4.79 Å². The van der Waals surface area contributed by atoms with Gasteiger partial charge in [-0.3, -0.25) is 9.97 Å². The smallest absolute Gasteiger partial charge is 0.428 e. The van der Waals surface area contributed by atoms with Gasteiger partial charge in [0.2, 0.25) is 0 Å². The van der Waals surface area contributed by atoms with Gasteiger partial charge in [-0.15, -0.1) is 0 Å². The molecule has 1 heterocycles. The molecule has 0 atom stereocenters. The lowest BCUT2D eigenvalue weighted by molar-refractivity contribution is 0.0529. The summed E-state index contributed by atoms with van der Waals surface area (Å²) in [5, 5.41) is 3.67. The van der Waals surface area contributed by atoms with Crippen LogP contribution in [0.3, 0.4) is 0 Å². The number of ether oxygens (including phenoxy) is 1. The molecule has 0 aliphatic heterocycles. The van der Waals surface area contributed by atoms with E-state index in [1.807, 2.05) is 0 Å². The largest absolute Gasteiger partial charge is 0.443 e. The predicted octanol–water partition coefficient (Wildman–Crippen LogP) is 1.34. The van der Waals surface area contributed by atoms with Gasteiger partial charge in [0.25, 0.3) is 0 Å². The van der Waals surface area contributed by atoms with Crippen LogP contribution in [0.4, 0.5) is 4.79 Å². The second-order valence-electron chi connectivity index (χ2n) is 4.00. The minimum atomic E-state index is -0.604. The van der Waals surface area contributed by atoms with Gasteiger partial charge in [0, 0.05) is 12.4 Å². The summed E-state index contributed by atoms with van der Waals surface area (Å²) >= 11 is 0. The third kappa shape index (κ3) is 5.04. The summed E-state index contributed by atoms with van der Waals surface area (Å²) in [4.78, 5) is 19.0. The SMILES string of the molecule is CC(C)(C)OC(=O)N/N=C/c1cnccn1. The number of hydrazone groups is 1. The summed E-state index contributed by atoms with van der Waals surface area (Å²) in [5.74, 6) is 0. The lowest BCUT2D eigenvalue weighted by Crippen LogP contribution is -2.29. The molecular formula is C10H14N4O2. The van der Waals surface area contributed by atoms with Gasteiger partial charge in [-0.2, -0.15) is 5.10 Å². The van der Waals surface area contributed by atoms with E-state index in [1.165, 1.54) is 18.6 Å². The first-order valence-corrected chi connectivity index (χ1v) is 4.75. The number of nitrogens with zero attached hydrogens (tertiary/aromatic N) is 3. The zero-order chi connectivity index (χ0) is 12.0. The Morgan fingerprint density at radius 2 is 2.25 bits per heavy atom. The molecule has 0 saturated heterocycles. The van der Waals surface area contributed by atoms with Gasteiger partial charge in [0.15, 0.2) is 0 Å². The van der Waals surface area contributed by atoms with Crippen molar-refractivity contribution in [1.29, 1.82) is 0 Å². The van der Waals surface area contributed by atoms with Crippen molar-refractivity contribution in [2.24, 2.45) is 5.10 Å². The quantitative estimate of drug-likeness (QED) is 0.605. The number of hydrogen-bond donors (Lipinski definition) is 1. The first-order chi connectivity index (χ1) is 7.47. The fraction of sp³-hybridized carbons (Fsp3) is 0.400. The molecule has 0 saturated carbocycles. The van der Waals surface area contributed by atoms with E-state index >= 15 is 0 Å². The molecule has 1 N–H and O–H groups in total. The third-order valence-electron chi connectivity index (χ3n) is 1.33. The Morgan fingerprint density at radius 3 is 2.81 bits per heavy atom. The standard InChI is InChI=1S/C10H14N4O2/c1-10(2,3)16-9(15)14-13-7-8-6-11-4-5-12-8/h4-7H,1-3H3,(H,14,15)/b13-7+. The highest BCUT2D eigenvalue weighted by Gasteiger charge is 2.15. The predicted molar refractivity (Wildman–Crippen MR) is 59.0 cm³/mol. The van der Waals surface area contributed by atoms with E-state index in [2.05, 4.69) is 20.5 Å². The van der Waals surface area contributed by atoms with E-state index in [0.717, 1.165) is 0 Å². The lowest BCUT2D eigenvalue weighted by Gasteiger charge is -2.18. The van der Waals surface area contributed by atoms with Crippen LogP contribution in [0.5, 0.6) is 0 Å². The number of carbonyl (C=O) groups is 1. The van der Waals surface area contributed by atoms with Crippen LogP contribution < -0.4 is 5.43 Å². The van der Waals surface area contributed by atoms with Crippen LogP contribution in [-0.4, -0.2) is 27.9 Å². The normalized spacial score (nSPS) is 11.4. The average molecular weight is 222 g/mol. The van der Waals surface area contributed by atoms with Crippen LogP contribution in [0.15, 0.2) is 23.7 Å². The van der Waals surface area contributed by atoms with Crippen molar-refractivity contribution in [2.45, 2.75) is 26.4 Å². The van der Waals surface area contributed by atoms with Crippen LogP contribution in [0.25, 0.3) is 0 Å². The molecule has 1 amide bonds.